The van der Waals surface area contributed by atoms with Gasteiger partial charge in [0.15, 0.2) is 0 Å². The fourth-order valence-electron chi connectivity index (χ4n) is 1.78. The molecule has 0 amide bonds. The zero-order chi connectivity index (χ0) is 11.6. The Labute approximate surface area is 92.7 Å². The average Bonchev–Trinajstić information content (AvgIpc) is 2.06. The lowest BCUT2D eigenvalue weighted by Crippen LogP contribution is -2.51. The van der Waals surface area contributed by atoms with Crippen molar-refractivity contribution in [2.24, 2.45) is 5.92 Å². The fraction of sp³-hybridized carbons (Fsp3) is 1.00. The summed E-state index contributed by atoms with van der Waals surface area (Å²) in [6.45, 7) is 8.63. The first kappa shape index (κ1) is 12.9. The number of hydrogen-bond donors (Lipinski definition) is 0. The third kappa shape index (κ3) is 3.43. The second-order valence-electron chi connectivity index (χ2n) is 4.74. The molecule has 1 saturated heterocycles. The minimum Gasteiger partial charge on any atom is -0.375 e. The van der Waals surface area contributed by atoms with Gasteiger partial charge in [0.25, 0.3) is 0 Å². The number of sulfonamides is 1. The van der Waals surface area contributed by atoms with Crippen LogP contribution in [0.15, 0.2) is 0 Å². The maximum Gasteiger partial charge on any atom is 0.214 e. The molecule has 0 bridgehead atoms. The molecule has 0 saturated carbocycles. The van der Waals surface area contributed by atoms with Crippen LogP contribution in [0.3, 0.4) is 0 Å². The average molecular weight is 235 g/mol. The Hall–Kier alpha value is -0.130. The highest BCUT2D eigenvalue weighted by Crippen LogP contribution is 2.17. The Morgan fingerprint density at radius 3 is 2.53 bits per heavy atom. The molecule has 0 unspecified atom stereocenters. The van der Waals surface area contributed by atoms with Crippen LogP contribution in [0.1, 0.15) is 27.7 Å². The summed E-state index contributed by atoms with van der Waals surface area (Å²) in [5, 5.41) is 0. The molecule has 1 fully saturated rings. The number of rotatable bonds is 3. The number of hydrogen-bond acceptors (Lipinski definition) is 3. The molecule has 0 aromatic heterocycles. The Balaban J connectivity index is 2.76. The first-order valence-electron chi connectivity index (χ1n) is 5.44. The van der Waals surface area contributed by atoms with Crippen molar-refractivity contribution in [2.75, 3.05) is 18.9 Å². The van der Waals surface area contributed by atoms with Gasteiger partial charge in [-0.15, -0.1) is 0 Å². The van der Waals surface area contributed by atoms with Gasteiger partial charge in [0.1, 0.15) is 0 Å². The number of ether oxygens (including phenoxy) is 1. The van der Waals surface area contributed by atoms with Crippen molar-refractivity contribution in [3.63, 3.8) is 0 Å². The van der Waals surface area contributed by atoms with Crippen LogP contribution in [0.5, 0.6) is 0 Å². The molecule has 0 radical (unpaired) electrons. The molecule has 5 heteroatoms. The van der Waals surface area contributed by atoms with Gasteiger partial charge in [-0.2, -0.15) is 4.31 Å². The summed E-state index contributed by atoms with van der Waals surface area (Å²) in [5.41, 5.74) is 0. The quantitative estimate of drug-likeness (QED) is 0.735. The van der Waals surface area contributed by atoms with Gasteiger partial charge in [0.05, 0.1) is 18.5 Å². The Kier molecular flexibility index (Phi) is 4.14. The van der Waals surface area contributed by atoms with E-state index in [9.17, 15) is 8.42 Å². The largest absolute Gasteiger partial charge is 0.375 e. The van der Waals surface area contributed by atoms with E-state index in [1.165, 1.54) is 0 Å². The van der Waals surface area contributed by atoms with E-state index in [0.29, 0.717) is 13.2 Å². The van der Waals surface area contributed by atoms with Crippen molar-refractivity contribution in [3.8, 4) is 0 Å². The van der Waals surface area contributed by atoms with Gasteiger partial charge in [-0.3, -0.25) is 0 Å². The monoisotopic (exact) mass is 235 g/mol. The summed E-state index contributed by atoms with van der Waals surface area (Å²) in [4.78, 5) is 0. The fourth-order valence-corrected chi connectivity index (χ4v) is 3.86. The number of morpholine rings is 1. The number of nitrogens with zero attached hydrogens (tertiary/aromatic N) is 1. The normalized spacial score (nSPS) is 29.7. The molecule has 90 valence electrons. The van der Waals surface area contributed by atoms with Crippen LogP contribution < -0.4 is 0 Å². The van der Waals surface area contributed by atoms with Crippen molar-refractivity contribution >= 4 is 10.0 Å². The summed E-state index contributed by atoms with van der Waals surface area (Å²) in [6, 6.07) is -0.0371. The molecule has 0 aliphatic carbocycles. The Bertz CT molecular complexity index is 300. The van der Waals surface area contributed by atoms with Crippen molar-refractivity contribution in [1.82, 2.24) is 4.31 Å². The first-order valence-corrected chi connectivity index (χ1v) is 7.05. The SMILES string of the molecule is CC(C)CS(=O)(=O)N1C[C@H](C)OC[C@H]1C. The summed E-state index contributed by atoms with van der Waals surface area (Å²) >= 11 is 0. The van der Waals surface area contributed by atoms with Gasteiger partial charge in [-0.1, -0.05) is 13.8 Å². The van der Waals surface area contributed by atoms with Crippen LogP contribution in [0.4, 0.5) is 0 Å². The summed E-state index contributed by atoms with van der Waals surface area (Å²) in [6.07, 6.45) is 0.00290. The van der Waals surface area contributed by atoms with E-state index in [1.54, 1.807) is 4.31 Å². The Morgan fingerprint density at radius 2 is 2.00 bits per heavy atom. The molecule has 4 nitrogen and oxygen atoms in total. The summed E-state index contributed by atoms with van der Waals surface area (Å²) < 4.78 is 31.0. The zero-order valence-electron chi connectivity index (χ0n) is 9.93. The van der Waals surface area contributed by atoms with Crippen molar-refractivity contribution in [2.45, 2.75) is 39.8 Å². The topological polar surface area (TPSA) is 46.6 Å². The molecule has 0 aromatic carbocycles. The molecule has 15 heavy (non-hydrogen) atoms. The van der Waals surface area contributed by atoms with Crippen LogP contribution in [-0.4, -0.2) is 43.8 Å². The molecule has 0 N–H and O–H groups in total. The molecular formula is C10H21NO3S. The smallest absolute Gasteiger partial charge is 0.214 e. The molecule has 2 atom stereocenters. The minimum atomic E-state index is -3.11. The molecule has 1 aliphatic rings. The molecule has 0 spiro atoms. The van der Waals surface area contributed by atoms with Gasteiger partial charge >= 0.3 is 0 Å². The van der Waals surface area contributed by atoms with E-state index in [2.05, 4.69) is 0 Å². The third-order valence-electron chi connectivity index (χ3n) is 2.45. The lowest BCUT2D eigenvalue weighted by Gasteiger charge is -2.36. The van der Waals surface area contributed by atoms with Crippen LogP contribution >= 0.6 is 0 Å². The second-order valence-corrected chi connectivity index (χ2v) is 6.70. The standard InChI is InChI=1S/C10H21NO3S/c1-8(2)7-15(12,13)11-5-10(4)14-6-9(11)3/h8-10H,5-7H2,1-4H3/t9-,10+/m1/s1. The van der Waals surface area contributed by atoms with E-state index in [0.717, 1.165) is 0 Å². The molecule has 1 rings (SSSR count). The predicted octanol–water partition coefficient (Wildman–Crippen LogP) is 1.08. The van der Waals surface area contributed by atoms with E-state index >= 15 is 0 Å². The lowest BCUT2D eigenvalue weighted by molar-refractivity contribution is -0.0171. The van der Waals surface area contributed by atoms with Crippen molar-refractivity contribution in [3.05, 3.63) is 0 Å². The molecule has 0 aromatic rings. The zero-order valence-corrected chi connectivity index (χ0v) is 10.8. The minimum absolute atomic E-state index is 0.00290. The van der Waals surface area contributed by atoms with Crippen molar-refractivity contribution in [1.29, 1.82) is 0 Å². The first-order chi connectivity index (χ1) is 6.83. The van der Waals surface area contributed by atoms with Crippen LogP contribution in [-0.2, 0) is 14.8 Å². The van der Waals surface area contributed by atoms with E-state index < -0.39 is 10.0 Å². The highest BCUT2D eigenvalue weighted by molar-refractivity contribution is 7.89. The highest BCUT2D eigenvalue weighted by Gasteiger charge is 2.32. The summed E-state index contributed by atoms with van der Waals surface area (Å²) in [5.74, 6) is 0.393. The van der Waals surface area contributed by atoms with Gasteiger partial charge in [-0.25, -0.2) is 8.42 Å². The predicted molar refractivity (Wildman–Crippen MR) is 60.2 cm³/mol. The van der Waals surface area contributed by atoms with Gasteiger partial charge in [0, 0.05) is 12.6 Å². The van der Waals surface area contributed by atoms with Crippen LogP contribution in [0.25, 0.3) is 0 Å². The van der Waals surface area contributed by atoms with Crippen molar-refractivity contribution < 1.29 is 13.2 Å². The van der Waals surface area contributed by atoms with Crippen LogP contribution in [0.2, 0.25) is 0 Å². The highest BCUT2D eigenvalue weighted by atomic mass is 32.2. The van der Waals surface area contributed by atoms with E-state index in [4.69, 9.17) is 4.74 Å². The van der Waals surface area contributed by atoms with Gasteiger partial charge in [0.2, 0.25) is 10.0 Å². The second kappa shape index (κ2) is 4.80. The maximum absolute atomic E-state index is 12.0. The van der Waals surface area contributed by atoms with Gasteiger partial charge < -0.3 is 4.74 Å². The maximum atomic E-state index is 12.0. The third-order valence-corrected chi connectivity index (χ3v) is 4.76. The molecule has 1 aliphatic heterocycles. The van der Waals surface area contributed by atoms with Gasteiger partial charge in [-0.05, 0) is 19.8 Å². The molecular weight excluding hydrogens is 214 g/mol. The van der Waals surface area contributed by atoms with Crippen LogP contribution in [0, 0.1) is 5.92 Å². The van der Waals surface area contributed by atoms with E-state index in [1.807, 2.05) is 27.7 Å². The van der Waals surface area contributed by atoms with E-state index in [-0.39, 0.29) is 23.8 Å². The summed E-state index contributed by atoms with van der Waals surface area (Å²) in [7, 11) is -3.11. The lowest BCUT2D eigenvalue weighted by atomic mass is 10.2. The Morgan fingerprint density at radius 1 is 1.40 bits per heavy atom. The molecule has 1 heterocycles.